The van der Waals surface area contributed by atoms with Gasteiger partial charge in [-0.15, -0.1) is 10.2 Å². The summed E-state index contributed by atoms with van der Waals surface area (Å²) in [6.45, 7) is 4.82. The predicted octanol–water partition coefficient (Wildman–Crippen LogP) is 3.67. The van der Waals surface area contributed by atoms with Gasteiger partial charge < -0.3 is 13.9 Å². The maximum atomic E-state index is 6.39. The molecule has 1 aromatic carbocycles. The minimum absolute atomic E-state index is 0.422. The van der Waals surface area contributed by atoms with Gasteiger partial charge in [-0.05, 0) is 37.0 Å². The number of hydrogen-bond acceptors (Lipinski definition) is 6. The molecule has 0 bridgehead atoms. The Hall–Kier alpha value is -1.92. The maximum Gasteiger partial charge on any atom is 0.216 e. The van der Waals surface area contributed by atoms with Gasteiger partial charge in [0.25, 0.3) is 0 Å². The highest BCUT2D eigenvalue weighted by molar-refractivity contribution is 5.38. The van der Waals surface area contributed by atoms with Gasteiger partial charge in [0.15, 0.2) is 0 Å². The molecule has 150 valence electrons. The van der Waals surface area contributed by atoms with E-state index in [-0.39, 0.29) is 0 Å². The number of hydrogen-bond donors (Lipinski definition) is 0. The van der Waals surface area contributed by atoms with Gasteiger partial charge in [-0.3, -0.25) is 4.90 Å². The Labute approximate surface area is 166 Å². The van der Waals surface area contributed by atoms with Crippen LogP contribution in [0, 0.1) is 0 Å². The van der Waals surface area contributed by atoms with Gasteiger partial charge in [0.05, 0.1) is 6.61 Å². The largest absolute Gasteiger partial charge is 0.462 e. The van der Waals surface area contributed by atoms with Crippen LogP contribution in [0.5, 0.6) is 5.75 Å². The summed E-state index contributed by atoms with van der Waals surface area (Å²) in [4.78, 5) is 2.63. The zero-order valence-corrected chi connectivity index (χ0v) is 16.7. The van der Waals surface area contributed by atoms with E-state index in [9.17, 15) is 0 Å². The summed E-state index contributed by atoms with van der Waals surface area (Å²) in [6, 6.07) is 7.27. The number of nitrogens with zero attached hydrogens (tertiary/aromatic N) is 3. The number of likely N-dealkylation sites (tertiary alicyclic amines) is 1. The highest BCUT2D eigenvalue weighted by Crippen LogP contribution is 2.39. The lowest BCUT2D eigenvalue weighted by Gasteiger charge is -2.47. The fourth-order valence-electron chi connectivity index (χ4n) is 4.45. The van der Waals surface area contributed by atoms with Crippen molar-refractivity contribution in [3.8, 4) is 5.75 Å². The van der Waals surface area contributed by atoms with Crippen molar-refractivity contribution in [3.05, 3.63) is 41.1 Å². The first-order valence-electron chi connectivity index (χ1n) is 10.7. The van der Waals surface area contributed by atoms with Crippen LogP contribution in [-0.4, -0.2) is 40.0 Å². The van der Waals surface area contributed by atoms with Crippen molar-refractivity contribution in [3.63, 3.8) is 0 Å². The quantitative estimate of drug-likeness (QED) is 0.785. The molecule has 1 aromatic heterocycles. The zero-order chi connectivity index (χ0) is 19.0. The molecule has 0 amide bonds. The Kier molecular flexibility index (Phi) is 4.85. The van der Waals surface area contributed by atoms with Crippen LogP contribution >= 0.6 is 0 Å². The van der Waals surface area contributed by atoms with Crippen molar-refractivity contribution in [1.82, 2.24) is 15.1 Å². The second kappa shape index (κ2) is 7.48. The molecule has 0 radical (unpaired) electrons. The van der Waals surface area contributed by atoms with Crippen molar-refractivity contribution in [2.75, 3.05) is 13.1 Å². The summed E-state index contributed by atoms with van der Waals surface area (Å²) in [6.07, 6.45) is 8.45. The molecule has 0 atom stereocenters. The van der Waals surface area contributed by atoms with Gasteiger partial charge in [0.1, 0.15) is 5.75 Å². The van der Waals surface area contributed by atoms with Crippen molar-refractivity contribution in [2.24, 2.45) is 0 Å². The lowest BCUT2D eigenvalue weighted by molar-refractivity contribution is -0.231. The van der Waals surface area contributed by atoms with Crippen molar-refractivity contribution in [2.45, 2.75) is 76.7 Å². The Morgan fingerprint density at radius 2 is 1.93 bits per heavy atom. The molecule has 0 N–H and O–H groups in total. The van der Waals surface area contributed by atoms with Crippen LogP contribution in [-0.2, 0) is 30.6 Å². The molecule has 2 fully saturated rings. The van der Waals surface area contributed by atoms with E-state index in [0.717, 1.165) is 62.5 Å². The molecule has 1 saturated heterocycles. The second-order valence-electron chi connectivity index (χ2n) is 8.31. The molecule has 1 spiro atoms. The molecule has 6 heteroatoms. The molecule has 5 rings (SSSR count). The van der Waals surface area contributed by atoms with Crippen LogP contribution in [0.1, 0.15) is 61.9 Å². The molecule has 1 saturated carbocycles. The normalized spacial score (nSPS) is 21.9. The van der Waals surface area contributed by atoms with Crippen LogP contribution in [0.3, 0.4) is 0 Å². The van der Waals surface area contributed by atoms with E-state index in [2.05, 4.69) is 33.3 Å². The Morgan fingerprint density at radius 1 is 1.11 bits per heavy atom. The number of ether oxygens (including phenoxy) is 2. The summed E-state index contributed by atoms with van der Waals surface area (Å²) in [5.41, 5.74) is 2.39. The summed E-state index contributed by atoms with van der Waals surface area (Å²) < 4.78 is 18.2. The molecule has 3 heterocycles. The monoisotopic (exact) mass is 383 g/mol. The third kappa shape index (κ3) is 3.55. The smallest absolute Gasteiger partial charge is 0.216 e. The summed E-state index contributed by atoms with van der Waals surface area (Å²) in [5.74, 6) is 1.98. The molecule has 1 aliphatic carbocycles. The van der Waals surface area contributed by atoms with Crippen LogP contribution < -0.4 is 4.74 Å². The molecular weight excluding hydrogens is 354 g/mol. The van der Waals surface area contributed by atoms with Crippen molar-refractivity contribution >= 4 is 0 Å². The lowest BCUT2D eigenvalue weighted by Crippen LogP contribution is -2.54. The maximum absolute atomic E-state index is 6.39. The average molecular weight is 383 g/mol. The van der Waals surface area contributed by atoms with E-state index in [1.165, 1.54) is 24.8 Å². The van der Waals surface area contributed by atoms with E-state index < -0.39 is 5.79 Å². The van der Waals surface area contributed by atoms with Crippen LogP contribution in [0.2, 0.25) is 0 Å². The fraction of sp³-hybridized carbons (Fsp3) is 0.636. The predicted molar refractivity (Wildman–Crippen MR) is 104 cm³/mol. The van der Waals surface area contributed by atoms with E-state index in [1.54, 1.807) is 0 Å². The fourth-order valence-corrected chi connectivity index (χ4v) is 4.45. The Balaban J connectivity index is 1.20. The van der Waals surface area contributed by atoms with Gasteiger partial charge >= 0.3 is 0 Å². The average Bonchev–Trinajstić information content (AvgIpc) is 3.15. The first-order valence-corrected chi connectivity index (χ1v) is 10.7. The molecule has 28 heavy (non-hydrogen) atoms. The first-order chi connectivity index (χ1) is 13.7. The van der Waals surface area contributed by atoms with Gasteiger partial charge in [0, 0.05) is 50.4 Å². The zero-order valence-electron chi connectivity index (χ0n) is 16.7. The number of benzene rings is 1. The highest BCUT2D eigenvalue weighted by atomic mass is 16.7. The summed E-state index contributed by atoms with van der Waals surface area (Å²) in [5, 5.41) is 8.14. The Morgan fingerprint density at radius 3 is 2.64 bits per heavy atom. The van der Waals surface area contributed by atoms with Crippen molar-refractivity contribution in [1.29, 1.82) is 0 Å². The van der Waals surface area contributed by atoms with E-state index in [1.807, 2.05) is 6.92 Å². The van der Waals surface area contributed by atoms with Crippen LogP contribution in [0.25, 0.3) is 0 Å². The van der Waals surface area contributed by atoms with Crippen molar-refractivity contribution < 1.29 is 13.9 Å². The van der Waals surface area contributed by atoms with Crippen LogP contribution in [0.15, 0.2) is 22.6 Å². The van der Waals surface area contributed by atoms with E-state index >= 15 is 0 Å². The third-order valence-electron chi connectivity index (χ3n) is 6.50. The minimum atomic E-state index is -0.422. The molecular formula is C22H29N3O3. The second-order valence-corrected chi connectivity index (χ2v) is 8.31. The van der Waals surface area contributed by atoms with Gasteiger partial charge in [-0.1, -0.05) is 19.4 Å². The van der Waals surface area contributed by atoms with Crippen LogP contribution in [0.4, 0.5) is 0 Å². The molecule has 0 unspecified atom stereocenters. The number of rotatable bonds is 5. The molecule has 2 aliphatic heterocycles. The number of aryl methyl sites for hydroxylation is 3. The first kappa shape index (κ1) is 18.1. The number of fused-ring (bicyclic) bond motifs is 1. The number of aromatic nitrogens is 2. The topological polar surface area (TPSA) is 60.6 Å². The molecule has 6 nitrogen and oxygen atoms in total. The lowest BCUT2D eigenvalue weighted by atomic mass is 9.89. The Bertz CT molecular complexity index is 822. The van der Waals surface area contributed by atoms with Gasteiger partial charge in [0.2, 0.25) is 17.6 Å². The standard InChI is InChI=1S/C22H29N3O3/c1-2-20-23-24-21(27-20)9-7-16-6-8-19-17(14-16)15-26-22(28-19)10-12-25(13-11-22)18-4-3-5-18/h6,8,14,18H,2-5,7,9-13,15H2,1H3. The molecule has 2 aromatic rings. The number of piperidine rings is 1. The van der Waals surface area contributed by atoms with E-state index in [0.29, 0.717) is 18.4 Å². The highest BCUT2D eigenvalue weighted by Gasteiger charge is 2.42. The minimum Gasteiger partial charge on any atom is -0.462 e. The van der Waals surface area contributed by atoms with Gasteiger partial charge in [-0.2, -0.15) is 0 Å². The summed E-state index contributed by atoms with van der Waals surface area (Å²) >= 11 is 0. The summed E-state index contributed by atoms with van der Waals surface area (Å²) in [7, 11) is 0. The third-order valence-corrected chi connectivity index (χ3v) is 6.50. The van der Waals surface area contributed by atoms with E-state index in [4.69, 9.17) is 13.9 Å². The SMILES string of the molecule is CCc1nnc(CCc2ccc3c(c2)COC2(CCN(C4CCC4)CC2)O3)o1. The molecule has 3 aliphatic rings. The van der Waals surface area contributed by atoms with Gasteiger partial charge in [-0.25, -0.2) is 0 Å².